The second-order valence-electron chi connectivity index (χ2n) is 6.45. The van der Waals surface area contributed by atoms with Gasteiger partial charge in [-0.05, 0) is 43.5 Å². The average molecular weight is 375 g/mol. The quantitative estimate of drug-likeness (QED) is 0.840. The fourth-order valence-electron chi connectivity index (χ4n) is 3.17. The van der Waals surface area contributed by atoms with Crippen molar-refractivity contribution < 1.29 is 14.3 Å². The van der Waals surface area contributed by atoms with Crippen molar-refractivity contribution in [3.8, 4) is 22.1 Å². The molecule has 2 N–H and O–H groups in total. The Balaban J connectivity index is 1.66. The van der Waals surface area contributed by atoms with E-state index in [1.165, 1.54) is 11.3 Å². The second kappa shape index (κ2) is 8.51. The van der Waals surface area contributed by atoms with Gasteiger partial charge in [0.25, 0.3) is 0 Å². The molecule has 1 aliphatic rings. The van der Waals surface area contributed by atoms with Crippen molar-refractivity contribution >= 4 is 17.2 Å². The number of likely N-dealkylation sites (tertiary alicyclic amines) is 1. The molecule has 26 heavy (non-hydrogen) atoms. The van der Waals surface area contributed by atoms with Gasteiger partial charge in [-0.15, -0.1) is 11.3 Å². The lowest BCUT2D eigenvalue weighted by molar-refractivity contribution is -0.131. The summed E-state index contributed by atoms with van der Waals surface area (Å²) in [7, 11) is 3.22. The molecule has 0 aliphatic carbocycles. The summed E-state index contributed by atoms with van der Waals surface area (Å²) in [6, 6.07) is 5.71. The van der Waals surface area contributed by atoms with Gasteiger partial charge in [0.15, 0.2) is 11.5 Å². The summed E-state index contributed by atoms with van der Waals surface area (Å²) in [5.74, 6) is 2.05. The highest BCUT2D eigenvalue weighted by Gasteiger charge is 2.22. The number of piperidine rings is 1. The lowest BCUT2D eigenvalue weighted by atomic mass is 9.97. The Kier molecular flexibility index (Phi) is 6.11. The van der Waals surface area contributed by atoms with Crippen LogP contribution in [0.1, 0.15) is 18.5 Å². The van der Waals surface area contributed by atoms with Gasteiger partial charge in [-0.1, -0.05) is 0 Å². The van der Waals surface area contributed by atoms with Gasteiger partial charge in [-0.25, -0.2) is 4.98 Å². The number of aromatic nitrogens is 1. The molecule has 0 bridgehead atoms. The number of hydrogen-bond donors (Lipinski definition) is 1. The number of rotatable bonds is 6. The molecule has 0 unspecified atom stereocenters. The molecule has 1 aromatic carbocycles. The van der Waals surface area contributed by atoms with Crippen LogP contribution < -0.4 is 15.2 Å². The van der Waals surface area contributed by atoms with Crippen molar-refractivity contribution in [3.05, 3.63) is 29.3 Å². The lowest BCUT2D eigenvalue weighted by Crippen LogP contribution is -2.40. The van der Waals surface area contributed by atoms with E-state index in [0.717, 1.165) is 42.2 Å². The molecule has 1 aliphatic heterocycles. The van der Waals surface area contributed by atoms with Crippen LogP contribution in [-0.4, -0.2) is 49.6 Å². The number of nitrogens with two attached hydrogens (primary N) is 1. The van der Waals surface area contributed by atoms with E-state index in [4.69, 9.17) is 15.2 Å². The third-order valence-corrected chi connectivity index (χ3v) is 5.76. The highest BCUT2D eigenvalue weighted by molar-refractivity contribution is 7.13. The Morgan fingerprint density at radius 2 is 2.00 bits per heavy atom. The molecule has 140 valence electrons. The van der Waals surface area contributed by atoms with Crippen LogP contribution in [0.2, 0.25) is 0 Å². The lowest BCUT2D eigenvalue weighted by Gasteiger charge is -2.31. The highest BCUT2D eigenvalue weighted by atomic mass is 32.1. The number of nitrogens with zero attached hydrogens (tertiary/aromatic N) is 2. The standard InChI is InChI=1S/C19H25N3O3S/c1-24-16-4-3-14(9-17(16)25-2)19-21-15(12-26-19)10-18(23)22-7-5-13(11-20)6-8-22/h3-4,9,12-13H,5-8,10-11,20H2,1-2H3. The number of methoxy groups -OCH3 is 2. The van der Waals surface area contributed by atoms with Crippen LogP contribution in [0, 0.1) is 5.92 Å². The smallest absolute Gasteiger partial charge is 0.228 e. The van der Waals surface area contributed by atoms with E-state index in [0.29, 0.717) is 30.4 Å². The molecule has 0 atom stereocenters. The summed E-state index contributed by atoms with van der Waals surface area (Å²) in [4.78, 5) is 19.1. The van der Waals surface area contributed by atoms with Gasteiger partial charge in [0.05, 0.1) is 26.3 Å². The summed E-state index contributed by atoms with van der Waals surface area (Å²) < 4.78 is 10.6. The number of benzene rings is 1. The van der Waals surface area contributed by atoms with E-state index >= 15 is 0 Å². The monoisotopic (exact) mass is 375 g/mol. The number of ether oxygens (including phenoxy) is 2. The fourth-order valence-corrected chi connectivity index (χ4v) is 3.99. The van der Waals surface area contributed by atoms with Crippen LogP contribution in [0.15, 0.2) is 23.6 Å². The Labute approximate surface area is 157 Å². The van der Waals surface area contributed by atoms with Crippen molar-refractivity contribution in [3.63, 3.8) is 0 Å². The summed E-state index contributed by atoms with van der Waals surface area (Å²) in [5, 5.41) is 2.83. The minimum atomic E-state index is 0.143. The molecule has 0 saturated carbocycles. The van der Waals surface area contributed by atoms with Crippen LogP contribution >= 0.6 is 11.3 Å². The number of amides is 1. The Bertz CT molecular complexity index is 754. The zero-order chi connectivity index (χ0) is 18.5. The average Bonchev–Trinajstić information content (AvgIpc) is 3.15. The number of carbonyl (C=O) groups is 1. The number of hydrogen-bond acceptors (Lipinski definition) is 6. The van der Waals surface area contributed by atoms with E-state index in [1.807, 2.05) is 28.5 Å². The van der Waals surface area contributed by atoms with Gasteiger partial charge in [-0.2, -0.15) is 0 Å². The normalized spacial score (nSPS) is 15.1. The third-order valence-electron chi connectivity index (χ3n) is 4.82. The molecule has 0 radical (unpaired) electrons. The Morgan fingerprint density at radius 3 is 2.65 bits per heavy atom. The van der Waals surface area contributed by atoms with Gasteiger partial charge in [-0.3, -0.25) is 4.79 Å². The molecule has 3 rings (SSSR count). The summed E-state index contributed by atoms with van der Waals surface area (Å²) in [6.45, 7) is 2.31. The van der Waals surface area contributed by atoms with Gasteiger partial charge in [0.2, 0.25) is 5.91 Å². The van der Waals surface area contributed by atoms with E-state index < -0.39 is 0 Å². The van der Waals surface area contributed by atoms with Crippen LogP contribution in [0.25, 0.3) is 10.6 Å². The maximum atomic E-state index is 12.5. The van der Waals surface area contributed by atoms with E-state index in [-0.39, 0.29) is 5.91 Å². The highest BCUT2D eigenvalue weighted by Crippen LogP contribution is 2.33. The Hall–Kier alpha value is -2.12. The summed E-state index contributed by atoms with van der Waals surface area (Å²) >= 11 is 1.53. The summed E-state index contributed by atoms with van der Waals surface area (Å²) in [6.07, 6.45) is 2.34. The van der Waals surface area contributed by atoms with Crippen molar-refractivity contribution in [2.75, 3.05) is 33.9 Å². The second-order valence-corrected chi connectivity index (χ2v) is 7.31. The van der Waals surface area contributed by atoms with Gasteiger partial charge in [0, 0.05) is 24.0 Å². The van der Waals surface area contributed by atoms with E-state index in [2.05, 4.69) is 4.98 Å². The molecule has 1 fully saturated rings. The van der Waals surface area contributed by atoms with Gasteiger partial charge < -0.3 is 20.1 Å². The first-order valence-corrected chi connectivity index (χ1v) is 9.67. The Morgan fingerprint density at radius 1 is 1.27 bits per heavy atom. The molecule has 2 heterocycles. The molecule has 1 aromatic heterocycles. The third kappa shape index (κ3) is 4.16. The van der Waals surface area contributed by atoms with Crippen LogP contribution in [0.4, 0.5) is 0 Å². The van der Waals surface area contributed by atoms with Gasteiger partial charge in [0.1, 0.15) is 5.01 Å². The van der Waals surface area contributed by atoms with Gasteiger partial charge >= 0.3 is 0 Å². The van der Waals surface area contributed by atoms with Crippen molar-refractivity contribution in [1.82, 2.24) is 9.88 Å². The van der Waals surface area contributed by atoms with Crippen LogP contribution in [-0.2, 0) is 11.2 Å². The topological polar surface area (TPSA) is 77.7 Å². The molecular weight excluding hydrogens is 350 g/mol. The number of carbonyl (C=O) groups excluding carboxylic acids is 1. The molecule has 0 spiro atoms. The first-order chi connectivity index (χ1) is 12.6. The SMILES string of the molecule is COc1ccc(-c2nc(CC(=O)N3CCC(CN)CC3)cs2)cc1OC. The van der Waals surface area contributed by atoms with Crippen molar-refractivity contribution in [2.24, 2.45) is 11.7 Å². The predicted molar refractivity (Wildman–Crippen MR) is 103 cm³/mol. The molecule has 2 aromatic rings. The molecule has 1 saturated heterocycles. The predicted octanol–water partition coefficient (Wildman–Crippen LogP) is 2.57. The zero-order valence-corrected chi connectivity index (χ0v) is 16.1. The zero-order valence-electron chi connectivity index (χ0n) is 15.2. The largest absolute Gasteiger partial charge is 0.493 e. The minimum absolute atomic E-state index is 0.143. The van der Waals surface area contributed by atoms with Crippen molar-refractivity contribution in [2.45, 2.75) is 19.3 Å². The van der Waals surface area contributed by atoms with Crippen molar-refractivity contribution in [1.29, 1.82) is 0 Å². The van der Waals surface area contributed by atoms with E-state index in [9.17, 15) is 4.79 Å². The van der Waals surface area contributed by atoms with E-state index in [1.54, 1.807) is 14.2 Å². The molecular formula is C19H25N3O3S. The van der Waals surface area contributed by atoms with Crippen LogP contribution in [0.5, 0.6) is 11.5 Å². The van der Waals surface area contributed by atoms with Crippen LogP contribution in [0.3, 0.4) is 0 Å². The maximum absolute atomic E-state index is 12.5. The first kappa shape index (κ1) is 18.7. The number of thiazole rings is 1. The molecule has 1 amide bonds. The fraction of sp³-hybridized carbons (Fsp3) is 0.474. The summed E-state index contributed by atoms with van der Waals surface area (Å²) in [5.41, 5.74) is 7.48. The minimum Gasteiger partial charge on any atom is -0.493 e. The molecule has 7 heteroatoms. The first-order valence-electron chi connectivity index (χ1n) is 8.79. The maximum Gasteiger partial charge on any atom is 0.228 e. The molecule has 6 nitrogen and oxygen atoms in total.